The average molecular weight is 376 g/mol. The zero-order valence-corrected chi connectivity index (χ0v) is 15.5. The number of anilines is 1. The number of para-hydroxylation sites is 1. The number of benzene rings is 3. The Morgan fingerprint density at radius 2 is 1.93 bits per heavy atom. The molecule has 0 aliphatic heterocycles. The third kappa shape index (κ3) is 3.73. The number of carbonyl (C=O) groups excluding carboxylic acids is 1. The summed E-state index contributed by atoms with van der Waals surface area (Å²) in [6, 6.07) is 20.4. The molecule has 0 atom stereocenters. The van der Waals surface area contributed by atoms with Crippen LogP contribution in [0.4, 0.5) is 10.1 Å². The lowest BCUT2D eigenvalue weighted by Gasteiger charge is -2.08. The largest absolute Gasteiger partial charge is 0.378 e. The lowest BCUT2D eigenvalue weighted by molar-refractivity contribution is 0.101. The Labute approximate surface area is 160 Å². The number of aryl methyl sites for hydroxylation is 1. The van der Waals surface area contributed by atoms with E-state index in [1.807, 2.05) is 42.5 Å². The molecule has 3 aromatic carbocycles. The Bertz CT molecular complexity index is 1100. The van der Waals surface area contributed by atoms with Crippen LogP contribution in [0.3, 0.4) is 0 Å². The van der Waals surface area contributed by atoms with E-state index in [1.54, 1.807) is 30.4 Å². The Hall–Kier alpha value is -3.05. The van der Waals surface area contributed by atoms with Crippen LogP contribution in [0.2, 0.25) is 0 Å². The summed E-state index contributed by atoms with van der Waals surface area (Å²) in [5, 5.41) is 4.06. The van der Waals surface area contributed by atoms with E-state index in [0.29, 0.717) is 11.1 Å². The van der Waals surface area contributed by atoms with Crippen molar-refractivity contribution >= 4 is 33.0 Å². The summed E-state index contributed by atoms with van der Waals surface area (Å²) in [6.45, 7) is 1.78. The average Bonchev–Trinajstić information content (AvgIpc) is 3.13. The quantitative estimate of drug-likeness (QED) is 0.454. The van der Waals surface area contributed by atoms with Crippen molar-refractivity contribution in [1.29, 1.82) is 0 Å². The van der Waals surface area contributed by atoms with Crippen molar-refractivity contribution in [2.75, 3.05) is 11.9 Å². The number of fused-ring (bicyclic) bond motifs is 1. The molecule has 0 amide bonds. The van der Waals surface area contributed by atoms with Gasteiger partial charge in [0.05, 0.1) is 16.8 Å². The molecule has 134 valence electrons. The molecule has 1 aromatic heterocycles. The molecule has 0 unspecified atom stereocenters. The lowest BCUT2D eigenvalue weighted by atomic mass is 10.1. The van der Waals surface area contributed by atoms with Gasteiger partial charge in [-0.15, -0.1) is 11.3 Å². The van der Waals surface area contributed by atoms with E-state index in [9.17, 15) is 9.18 Å². The van der Waals surface area contributed by atoms with Crippen LogP contribution in [0.25, 0.3) is 20.8 Å². The normalized spacial score (nSPS) is 10.9. The van der Waals surface area contributed by atoms with Crippen LogP contribution < -0.4 is 5.32 Å². The van der Waals surface area contributed by atoms with Crippen LogP contribution in [0, 0.1) is 12.7 Å². The molecule has 1 heterocycles. The predicted molar refractivity (Wildman–Crippen MR) is 109 cm³/mol. The molecule has 0 aliphatic carbocycles. The van der Waals surface area contributed by atoms with E-state index >= 15 is 0 Å². The number of nitrogens with zero attached hydrogens (tertiary/aromatic N) is 1. The van der Waals surface area contributed by atoms with Crippen molar-refractivity contribution in [3.63, 3.8) is 0 Å². The summed E-state index contributed by atoms with van der Waals surface area (Å²) in [5.74, 6) is -0.516. The molecule has 0 saturated heterocycles. The SMILES string of the molecule is Cc1ccc(C(=O)CNc2cccc(-c3nc4ccccc4s3)c2)cc1F. The van der Waals surface area contributed by atoms with Crippen molar-refractivity contribution < 1.29 is 9.18 Å². The summed E-state index contributed by atoms with van der Waals surface area (Å²) in [6.07, 6.45) is 0. The molecule has 4 rings (SSSR count). The third-order valence-electron chi connectivity index (χ3n) is 4.35. The first-order valence-electron chi connectivity index (χ1n) is 8.59. The Kier molecular flexibility index (Phi) is 4.69. The van der Waals surface area contributed by atoms with Crippen LogP contribution in [0.15, 0.2) is 66.7 Å². The van der Waals surface area contributed by atoms with Gasteiger partial charge in [-0.05, 0) is 42.8 Å². The minimum absolute atomic E-state index is 0.103. The van der Waals surface area contributed by atoms with Gasteiger partial charge in [0.2, 0.25) is 0 Å². The number of hydrogen-bond donors (Lipinski definition) is 1. The number of hydrogen-bond acceptors (Lipinski definition) is 4. The summed E-state index contributed by atoms with van der Waals surface area (Å²) in [5.41, 5.74) is 3.70. The van der Waals surface area contributed by atoms with Crippen LogP contribution in [0.1, 0.15) is 15.9 Å². The maximum atomic E-state index is 13.7. The maximum absolute atomic E-state index is 13.7. The summed E-state index contributed by atoms with van der Waals surface area (Å²) in [4.78, 5) is 17.0. The standard InChI is InChI=1S/C22H17FN2OS/c1-14-9-10-15(12-18(14)23)20(26)13-24-17-6-4-5-16(11-17)22-25-19-7-2-3-8-21(19)27-22/h2-12,24H,13H2,1H3. The van der Waals surface area contributed by atoms with Gasteiger partial charge in [0.15, 0.2) is 5.78 Å². The highest BCUT2D eigenvalue weighted by Gasteiger charge is 2.10. The van der Waals surface area contributed by atoms with Gasteiger partial charge in [0.1, 0.15) is 10.8 Å². The molecule has 0 spiro atoms. The topological polar surface area (TPSA) is 42.0 Å². The molecule has 0 aliphatic rings. The highest BCUT2D eigenvalue weighted by atomic mass is 32.1. The molecule has 3 nitrogen and oxygen atoms in total. The molecular formula is C22H17FN2OS. The predicted octanol–water partition coefficient (Wildman–Crippen LogP) is 5.71. The molecule has 5 heteroatoms. The smallest absolute Gasteiger partial charge is 0.181 e. The Balaban J connectivity index is 1.50. The summed E-state index contributed by atoms with van der Waals surface area (Å²) >= 11 is 1.64. The van der Waals surface area contributed by atoms with E-state index in [4.69, 9.17) is 0 Å². The molecule has 0 bridgehead atoms. The monoisotopic (exact) mass is 376 g/mol. The molecular weight excluding hydrogens is 359 g/mol. The van der Waals surface area contributed by atoms with Crippen LogP contribution >= 0.6 is 11.3 Å². The van der Waals surface area contributed by atoms with Crippen molar-refractivity contribution in [2.24, 2.45) is 0 Å². The zero-order valence-electron chi connectivity index (χ0n) is 14.7. The fourth-order valence-electron chi connectivity index (χ4n) is 2.81. The third-order valence-corrected chi connectivity index (χ3v) is 5.44. The number of carbonyl (C=O) groups is 1. The molecule has 0 radical (unpaired) electrons. The number of nitrogens with one attached hydrogen (secondary N) is 1. The van der Waals surface area contributed by atoms with Gasteiger partial charge in [0, 0.05) is 16.8 Å². The first kappa shape index (κ1) is 17.4. The Morgan fingerprint density at radius 1 is 1.07 bits per heavy atom. The van der Waals surface area contributed by atoms with Crippen molar-refractivity contribution in [3.05, 3.63) is 83.7 Å². The molecule has 4 aromatic rings. The van der Waals surface area contributed by atoms with Crippen LogP contribution in [-0.2, 0) is 0 Å². The maximum Gasteiger partial charge on any atom is 0.181 e. The first-order chi connectivity index (χ1) is 13.1. The number of ketones is 1. The Morgan fingerprint density at radius 3 is 2.74 bits per heavy atom. The molecule has 1 N–H and O–H groups in total. The van der Waals surface area contributed by atoms with Gasteiger partial charge in [-0.1, -0.05) is 36.4 Å². The second-order valence-corrected chi connectivity index (χ2v) is 7.34. The second-order valence-electron chi connectivity index (χ2n) is 6.31. The van der Waals surface area contributed by atoms with E-state index in [-0.39, 0.29) is 18.1 Å². The lowest BCUT2D eigenvalue weighted by Crippen LogP contribution is -2.14. The summed E-state index contributed by atoms with van der Waals surface area (Å²) < 4.78 is 14.8. The fourth-order valence-corrected chi connectivity index (χ4v) is 3.77. The van der Waals surface area contributed by atoms with Crippen molar-refractivity contribution in [1.82, 2.24) is 4.98 Å². The molecule has 27 heavy (non-hydrogen) atoms. The minimum Gasteiger partial charge on any atom is -0.378 e. The van der Waals surface area contributed by atoms with Crippen molar-refractivity contribution in [2.45, 2.75) is 6.92 Å². The fraction of sp³-hybridized carbons (Fsp3) is 0.0909. The highest BCUT2D eigenvalue weighted by Crippen LogP contribution is 2.31. The van der Waals surface area contributed by atoms with Crippen LogP contribution in [-0.4, -0.2) is 17.3 Å². The van der Waals surface area contributed by atoms with Crippen LogP contribution in [0.5, 0.6) is 0 Å². The second kappa shape index (κ2) is 7.29. The van der Waals surface area contributed by atoms with Gasteiger partial charge in [-0.2, -0.15) is 0 Å². The first-order valence-corrected chi connectivity index (χ1v) is 9.41. The number of Topliss-reactive ketones (excluding diaryl/α,β-unsaturated/α-hetero) is 1. The summed E-state index contributed by atoms with van der Waals surface area (Å²) in [7, 11) is 0. The van der Waals surface area contributed by atoms with E-state index in [2.05, 4.69) is 16.4 Å². The number of aromatic nitrogens is 1. The highest BCUT2D eigenvalue weighted by molar-refractivity contribution is 7.21. The zero-order chi connectivity index (χ0) is 18.8. The van der Waals surface area contributed by atoms with Gasteiger partial charge in [-0.3, -0.25) is 4.79 Å². The van der Waals surface area contributed by atoms with Gasteiger partial charge in [0.25, 0.3) is 0 Å². The minimum atomic E-state index is -0.362. The van der Waals surface area contributed by atoms with Gasteiger partial charge < -0.3 is 5.32 Å². The van der Waals surface area contributed by atoms with Gasteiger partial charge >= 0.3 is 0 Å². The number of halogens is 1. The molecule has 0 saturated carbocycles. The van der Waals surface area contributed by atoms with Gasteiger partial charge in [-0.25, -0.2) is 9.37 Å². The van der Waals surface area contributed by atoms with Crippen molar-refractivity contribution in [3.8, 4) is 10.6 Å². The number of rotatable bonds is 5. The molecule has 0 fully saturated rings. The van der Waals surface area contributed by atoms with E-state index < -0.39 is 0 Å². The van der Waals surface area contributed by atoms with E-state index in [0.717, 1.165) is 26.5 Å². The number of thiazole rings is 1. The van der Waals surface area contributed by atoms with E-state index in [1.165, 1.54) is 6.07 Å².